The molecule has 0 saturated carbocycles. The third-order valence-electron chi connectivity index (χ3n) is 4.66. The van der Waals surface area contributed by atoms with Gasteiger partial charge in [-0.15, -0.1) is 11.3 Å². The third kappa shape index (κ3) is 3.80. The molecule has 0 radical (unpaired) electrons. The summed E-state index contributed by atoms with van der Waals surface area (Å²) in [6.45, 7) is 4.55. The van der Waals surface area contributed by atoms with Crippen molar-refractivity contribution in [1.29, 1.82) is 0 Å². The van der Waals surface area contributed by atoms with E-state index in [4.69, 9.17) is 25.6 Å². The minimum absolute atomic E-state index is 0.00638. The second-order valence-electron chi connectivity index (χ2n) is 6.80. The molecule has 13 heteroatoms. The Kier molecular flexibility index (Phi) is 5.61. The Labute approximate surface area is 191 Å². The van der Waals surface area contributed by atoms with Crippen LogP contribution in [0.2, 0.25) is 5.02 Å². The number of carbonyl (C=O) groups is 2. The van der Waals surface area contributed by atoms with Gasteiger partial charge in [0.25, 0.3) is 21.8 Å². The number of sulfonamides is 1. The summed E-state index contributed by atoms with van der Waals surface area (Å²) in [4.78, 5) is 24.8. The average Bonchev–Trinajstić information content (AvgIpc) is 3.46. The van der Waals surface area contributed by atoms with E-state index in [1.807, 2.05) is 0 Å². The highest BCUT2D eigenvalue weighted by Crippen LogP contribution is 2.42. The van der Waals surface area contributed by atoms with E-state index in [0.29, 0.717) is 22.8 Å². The number of amides is 1. The molecule has 4 rings (SSSR count). The van der Waals surface area contributed by atoms with Crippen molar-refractivity contribution in [3.05, 3.63) is 44.2 Å². The van der Waals surface area contributed by atoms with Crippen LogP contribution in [0.15, 0.2) is 26.9 Å². The Morgan fingerprint density at radius 3 is 2.66 bits per heavy atom. The van der Waals surface area contributed by atoms with Crippen LogP contribution >= 0.6 is 22.9 Å². The quantitative estimate of drug-likeness (QED) is 0.488. The van der Waals surface area contributed by atoms with E-state index in [1.54, 1.807) is 13.8 Å². The van der Waals surface area contributed by atoms with Crippen LogP contribution in [0.25, 0.3) is 0 Å². The summed E-state index contributed by atoms with van der Waals surface area (Å²) in [6, 6.07) is 2.76. The number of benzene rings is 1. The first-order valence-corrected chi connectivity index (χ1v) is 11.8. The molecular weight excluding hydrogens is 482 g/mol. The number of aryl methyl sites for hydroxylation is 1. The van der Waals surface area contributed by atoms with Gasteiger partial charge in [0, 0.05) is 11.1 Å². The number of aromatic nitrogens is 1. The number of hydrogen-bond acceptors (Lipinski definition) is 9. The summed E-state index contributed by atoms with van der Waals surface area (Å²) in [5, 5.41) is 7.70. The van der Waals surface area contributed by atoms with Gasteiger partial charge in [-0.2, -0.15) is 0 Å². The zero-order valence-electron chi connectivity index (χ0n) is 16.9. The molecule has 0 atom stereocenters. The molecule has 168 valence electrons. The number of fused-ring (bicyclic) bond motifs is 1. The summed E-state index contributed by atoms with van der Waals surface area (Å²) < 4.78 is 43.6. The molecule has 0 unspecified atom stereocenters. The monoisotopic (exact) mass is 497 g/mol. The molecule has 0 aliphatic carbocycles. The first-order chi connectivity index (χ1) is 15.1. The molecule has 1 aliphatic rings. The van der Waals surface area contributed by atoms with E-state index < -0.39 is 15.9 Å². The van der Waals surface area contributed by atoms with Gasteiger partial charge in [-0.25, -0.2) is 13.1 Å². The summed E-state index contributed by atoms with van der Waals surface area (Å²) in [5.74, 6) is -0.482. The van der Waals surface area contributed by atoms with Gasteiger partial charge >= 0.3 is 0 Å². The average molecular weight is 498 g/mol. The number of halogens is 1. The normalized spacial score (nSPS) is 12.6. The lowest BCUT2D eigenvalue weighted by atomic mass is 10.0. The number of Topliss-reactive ketones (excluding diaryl/α,β-unsaturated/α-hetero) is 1. The van der Waals surface area contributed by atoms with Crippen LogP contribution < -0.4 is 19.5 Å². The minimum atomic E-state index is -4.22. The number of ketones is 1. The Balaban J connectivity index is 1.68. The Hall–Kier alpha value is -3.09. The fraction of sp³-hybridized carbons (Fsp3) is 0.211. The van der Waals surface area contributed by atoms with Crippen LogP contribution in [-0.4, -0.2) is 32.1 Å². The number of ether oxygens (including phenoxy) is 2. The second-order valence-corrected chi connectivity index (χ2v) is 9.74. The smallest absolute Gasteiger partial charge is 0.267 e. The second kappa shape index (κ2) is 8.11. The van der Waals surface area contributed by atoms with Crippen LogP contribution in [-0.2, 0) is 10.0 Å². The van der Waals surface area contributed by atoms with Crippen molar-refractivity contribution in [2.45, 2.75) is 25.7 Å². The molecule has 0 bridgehead atoms. The highest BCUT2D eigenvalue weighted by Gasteiger charge is 2.29. The molecule has 0 spiro atoms. The Bertz CT molecular complexity index is 1360. The van der Waals surface area contributed by atoms with Crippen molar-refractivity contribution in [1.82, 2.24) is 5.16 Å². The maximum atomic E-state index is 13.1. The summed E-state index contributed by atoms with van der Waals surface area (Å²) in [7, 11) is -4.22. The number of hydrogen-bond donors (Lipinski definition) is 2. The number of rotatable bonds is 6. The van der Waals surface area contributed by atoms with E-state index in [2.05, 4.69) is 15.2 Å². The summed E-state index contributed by atoms with van der Waals surface area (Å²) >= 11 is 6.90. The van der Waals surface area contributed by atoms with Gasteiger partial charge in [-0.1, -0.05) is 16.8 Å². The fourth-order valence-electron chi connectivity index (χ4n) is 3.09. The topological polar surface area (TPSA) is 137 Å². The van der Waals surface area contributed by atoms with Crippen molar-refractivity contribution in [3.8, 4) is 11.5 Å². The van der Waals surface area contributed by atoms with Gasteiger partial charge < -0.3 is 19.3 Å². The lowest BCUT2D eigenvalue weighted by molar-refractivity contribution is 0.101. The maximum absolute atomic E-state index is 13.1. The van der Waals surface area contributed by atoms with E-state index in [0.717, 1.165) is 11.3 Å². The first-order valence-electron chi connectivity index (χ1n) is 9.07. The van der Waals surface area contributed by atoms with Gasteiger partial charge in [0.15, 0.2) is 17.3 Å². The molecule has 1 amide bonds. The highest BCUT2D eigenvalue weighted by atomic mass is 35.5. The van der Waals surface area contributed by atoms with Crippen molar-refractivity contribution in [2.24, 2.45) is 0 Å². The van der Waals surface area contributed by atoms with Crippen LogP contribution in [0, 0.1) is 13.8 Å². The number of anilines is 2. The minimum Gasteiger partial charge on any atom is -0.454 e. The molecule has 3 heterocycles. The SMILES string of the molecule is CC(=O)c1cc2c(c(C)c1NC(=O)c1sccc1S(=O)(=O)Nc1onc(C)c1Cl)OCO2. The number of thiophene rings is 1. The molecule has 0 fully saturated rings. The van der Waals surface area contributed by atoms with Crippen molar-refractivity contribution < 1.29 is 32.0 Å². The lowest BCUT2D eigenvalue weighted by Gasteiger charge is -2.14. The molecule has 32 heavy (non-hydrogen) atoms. The molecular formula is C19H16ClN3O7S2. The summed E-state index contributed by atoms with van der Waals surface area (Å²) in [5.41, 5.74) is 1.22. The van der Waals surface area contributed by atoms with Crippen LogP contribution in [0.4, 0.5) is 11.6 Å². The third-order valence-corrected chi connectivity index (χ3v) is 7.52. The van der Waals surface area contributed by atoms with Crippen molar-refractivity contribution in [3.63, 3.8) is 0 Å². The van der Waals surface area contributed by atoms with E-state index in [-0.39, 0.29) is 44.5 Å². The first kappa shape index (κ1) is 22.1. The van der Waals surface area contributed by atoms with Gasteiger partial charge in [-0.05, 0) is 38.3 Å². The Morgan fingerprint density at radius 1 is 1.25 bits per heavy atom. The van der Waals surface area contributed by atoms with Gasteiger partial charge in [0.05, 0.1) is 5.69 Å². The predicted molar refractivity (Wildman–Crippen MR) is 117 cm³/mol. The van der Waals surface area contributed by atoms with Gasteiger partial charge in [-0.3, -0.25) is 9.59 Å². The van der Waals surface area contributed by atoms with Crippen LogP contribution in [0.3, 0.4) is 0 Å². The molecule has 2 N–H and O–H groups in total. The molecule has 3 aromatic rings. The zero-order chi connectivity index (χ0) is 23.2. The van der Waals surface area contributed by atoms with Crippen LogP contribution in [0.1, 0.15) is 38.2 Å². The number of carbonyl (C=O) groups excluding carboxylic acids is 2. The number of nitrogens with zero attached hydrogens (tertiary/aromatic N) is 1. The molecule has 2 aromatic heterocycles. The largest absolute Gasteiger partial charge is 0.454 e. The predicted octanol–water partition coefficient (Wildman–Crippen LogP) is 3.99. The highest BCUT2D eigenvalue weighted by molar-refractivity contribution is 7.93. The standard InChI is InChI=1S/C19H16ClN3O7S2/c1-8-15(11(10(3)24)6-12-16(8)29-7-28-12)21-18(25)17-13(4-5-31-17)32(26,27)23-19-14(20)9(2)22-30-19/h4-6,23H,7H2,1-3H3,(H,21,25). The van der Waals surface area contributed by atoms with E-state index >= 15 is 0 Å². The van der Waals surface area contributed by atoms with E-state index in [1.165, 1.54) is 24.4 Å². The fourth-order valence-corrected chi connectivity index (χ4v) is 5.58. The van der Waals surface area contributed by atoms with E-state index in [9.17, 15) is 18.0 Å². The molecule has 0 saturated heterocycles. The van der Waals surface area contributed by atoms with Crippen LogP contribution in [0.5, 0.6) is 11.5 Å². The lowest BCUT2D eigenvalue weighted by Crippen LogP contribution is -2.19. The summed E-state index contributed by atoms with van der Waals surface area (Å²) in [6.07, 6.45) is 0. The maximum Gasteiger partial charge on any atom is 0.267 e. The Morgan fingerprint density at radius 2 is 2.00 bits per heavy atom. The van der Waals surface area contributed by atoms with Crippen molar-refractivity contribution in [2.75, 3.05) is 16.8 Å². The van der Waals surface area contributed by atoms with Crippen molar-refractivity contribution >= 4 is 56.2 Å². The molecule has 1 aromatic carbocycles. The molecule has 1 aliphatic heterocycles. The van der Waals surface area contributed by atoms with Gasteiger partial charge in [0.2, 0.25) is 6.79 Å². The van der Waals surface area contributed by atoms with Gasteiger partial charge in [0.1, 0.15) is 20.5 Å². The molecule has 10 nitrogen and oxygen atoms in total. The number of nitrogens with one attached hydrogen (secondary N) is 2. The zero-order valence-corrected chi connectivity index (χ0v) is 19.3.